The first kappa shape index (κ1) is 23.7. The van der Waals surface area contributed by atoms with Crippen LogP contribution < -0.4 is 14.4 Å². The standard InChI is InChI=1S/C24H16BrCl2NO4S/c1-31-20-11-15(10-17(25)22(20)32-13-14-6-8-16(26)9-7-14)12-21-23(29)28(24(30)33-21)19-5-3-2-4-18(19)27/h2-12H,13H2,1H3/b21-12-. The fourth-order valence-corrected chi connectivity index (χ4v) is 4.91. The van der Waals surface area contributed by atoms with Gasteiger partial charge in [-0.1, -0.05) is 47.5 Å². The van der Waals surface area contributed by atoms with E-state index in [9.17, 15) is 9.59 Å². The maximum absolute atomic E-state index is 12.9. The van der Waals surface area contributed by atoms with E-state index in [2.05, 4.69) is 15.9 Å². The highest BCUT2D eigenvalue weighted by Crippen LogP contribution is 2.41. The number of rotatable bonds is 6. The summed E-state index contributed by atoms with van der Waals surface area (Å²) in [7, 11) is 1.53. The summed E-state index contributed by atoms with van der Waals surface area (Å²) in [6.45, 7) is 0.322. The lowest BCUT2D eigenvalue weighted by Gasteiger charge is -2.14. The minimum absolute atomic E-state index is 0.281. The molecule has 5 nitrogen and oxygen atoms in total. The second-order valence-corrected chi connectivity index (χ2v) is 9.61. The van der Waals surface area contributed by atoms with Gasteiger partial charge in [0.05, 0.1) is 27.2 Å². The topological polar surface area (TPSA) is 55.8 Å². The predicted molar refractivity (Wildman–Crippen MR) is 136 cm³/mol. The Bertz CT molecular complexity index is 1260. The third-order valence-electron chi connectivity index (χ3n) is 4.73. The van der Waals surface area contributed by atoms with Crippen molar-refractivity contribution in [2.45, 2.75) is 6.61 Å². The van der Waals surface area contributed by atoms with Gasteiger partial charge in [0.2, 0.25) is 0 Å². The van der Waals surface area contributed by atoms with Crippen LogP contribution >= 0.6 is 50.9 Å². The molecule has 0 atom stereocenters. The molecule has 2 amide bonds. The summed E-state index contributed by atoms with van der Waals surface area (Å²) in [4.78, 5) is 26.8. The number of thioether (sulfide) groups is 1. The van der Waals surface area contributed by atoms with E-state index in [4.69, 9.17) is 32.7 Å². The number of nitrogens with zero attached hydrogens (tertiary/aromatic N) is 1. The van der Waals surface area contributed by atoms with Crippen LogP contribution in [0.2, 0.25) is 10.0 Å². The van der Waals surface area contributed by atoms with Crippen molar-refractivity contribution in [1.82, 2.24) is 0 Å². The molecule has 0 unspecified atom stereocenters. The summed E-state index contributed by atoms with van der Waals surface area (Å²) >= 11 is 16.5. The molecule has 0 bridgehead atoms. The molecule has 4 rings (SSSR count). The van der Waals surface area contributed by atoms with Crippen LogP contribution in [-0.4, -0.2) is 18.3 Å². The highest BCUT2D eigenvalue weighted by atomic mass is 79.9. The Labute approximate surface area is 213 Å². The maximum atomic E-state index is 12.9. The average Bonchev–Trinajstić information content (AvgIpc) is 3.07. The number of carbonyl (C=O) groups is 2. The molecule has 0 radical (unpaired) electrons. The van der Waals surface area contributed by atoms with Gasteiger partial charge in [0.15, 0.2) is 11.5 Å². The molecule has 3 aromatic carbocycles. The third kappa shape index (κ3) is 5.22. The Hall–Kier alpha value is -2.45. The number of hydrogen-bond acceptors (Lipinski definition) is 5. The predicted octanol–water partition coefficient (Wildman–Crippen LogP) is 7.58. The summed E-state index contributed by atoms with van der Waals surface area (Å²) in [5, 5.41) is 0.571. The number of methoxy groups -OCH3 is 1. The molecule has 1 aliphatic heterocycles. The van der Waals surface area contributed by atoms with Crippen LogP contribution in [0, 0.1) is 0 Å². The SMILES string of the molecule is COc1cc(/C=C2\SC(=O)N(c3ccccc3Cl)C2=O)cc(Br)c1OCc1ccc(Cl)cc1. The third-order valence-corrected chi connectivity index (χ3v) is 6.76. The maximum Gasteiger partial charge on any atom is 0.298 e. The smallest absolute Gasteiger partial charge is 0.298 e. The largest absolute Gasteiger partial charge is 0.493 e. The summed E-state index contributed by atoms with van der Waals surface area (Å²) in [6, 6.07) is 17.6. The van der Waals surface area contributed by atoms with Gasteiger partial charge in [-0.2, -0.15) is 0 Å². The van der Waals surface area contributed by atoms with Crippen molar-refractivity contribution in [1.29, 1.82) is 0 Å². The zero-order valence-electron chi connectivity index (χ0n) is 17.2. The van der Waals surface area contributed by atoms with E-state index in [1.165, 1.54) is 7.11 Å². The molecule has 0 spiro atoms. The van der Waals surface area contributed by atoms with Gasteiger partial charge in [-0.15, -0.1) is 0 Å². The van der Waals surface area contributed by atoms with Crippen LogP contribution in [0.25, 0.3) is 6.08 Å². The first-order chi connectivity index (χ1) is 15.9. The Morgan fingerprint density at radius 1 is 1.06 bits per heavy atom. The van der Waals surface area contributed by atoms with Crippen molar-refractivity contribution in [2.75, 3.05) is 12.0 Å². The number of anilines is 1. The highest BCUT2D eigenvalue weighted by Gasteiger charge is 2.37. The Balaban J connectivity index is 1.59. The van der Waals surface area contributed by atoms with Gasteiger partial charge >= 0.3 is 0 Å². The Kier molecular flexibility index (Phi) is 7.34. The summed E-state index contributed by atoms with van der Waals surface area (Å²) in [5.74, 6) is 0.569. The number of halogens is 3. The number of amides is 2. The van der Waals surface area contributed by atoms with E-state index in [-0.39, 0.29) is 4.91 Å². The minimum Gasteiger partial charge on any atom is -0.493 e. The molecule has 0 aromatic heterocycles. The van der Waals surface area contributed by atoms with Crippen molar-refractivity contribution >= 4 is 73.8 Å². The zero-order valence-corrected chi connectivity index (χ0v) is 21.1. The molecule has 1 heterocycles. The average molecular weight is 565 g/mol. The summed E-state index contributed by atoms with van der Waals surface area (Å²) in [6.07, 6.45) is 1.64. The van der Waals surface area contributed by atoms with Crippen LogP contribution in [-0.2, 0) is 11.4 Å². The molecule has 9 heteroatoms. The number of para-hydroxylation sites is 1. The van der Waals surface area contributed by atoms with Gasteiger partial charge in [-0.05, 0) is 81.3 Å². The van der Waals surface area contributed by atoms with Gasteiger partial charge in [0, 0.05) is 5.02 Å². The normalized spacial score (nSPS) is 14.8. The van der Waals surface area contributed by atoms with E-state index < -0.39 is 11.1 Å². The van der Waals surface area contributed by atoms with Crippen LogP contribution in [0.4, 0.5) is 10.5 Å². The van der Waals surface area contributed by atoms with Crippen molar-refractivity contribution in [3.8, 4) is 11.5 Å². The molecule has 0 saturated carbocycles. The van der Waals surface area contributed by atoms with E-state index in [1.807, 2.05) is 12.1 Å². The fraction of sp³-hybridized carbons (Fsp3) is 0.0833. The first-order valence-electron chi connectivity index (χ1n) is 9.64. The van der Waals surface area contributed by atoms with Gasteiger partial charge in [-0.3, -0.25) is 9.59 Å². The number of ether oxygens (including phenoxy) is 2. The number of benzene rings is 3. The molecule has 3 aromatic rings. The van der Waals surface area contributed by atoms with Crippen molar-refractivity contribution < 1.29 is 19.1 Å². The Morgan fingerprint density at radius 2 is 1.79 bits per heavy atom. The number of carbonyl (C=O) groups excluding carboxylic acids is 2. The van der Waals surface area contributed by atoms with E-state index in [0.29, 0.717) is 43.9 Å². The number of hydrogen-bond donors (Lipinski definition) is 0. The summed E-state index contributed by atoms with van der Waals surface area (Å²) < 4.78 is 12.1. The molecule has 0 aliphatic carbocycles. The van der Waals surface area contributed by atoms with Crippen LogP contribution in [0.1, 0.15) is 11.1 Å². The molecule has 1 aliphatic rings. The van der Waals surface area contributed by atoms with Crippen LogP contribution in [0.5, 0.6) is 11.5 Å². The number of imide groups is 1. The minimum atomic E-state index is -0.434. The molecule has 168 valence electrons. The van der Waals surface area contributed by atoms with E-state index in [0.717, 1.165) is 22.2 Å². The lowest BCUT2D eigenvalue weighted by atomic mass is 10.1. The second kappa shape index (κ2) is 10.2. The lowest BCUT2D eigenvalue weighted by Crippen LogP contribution is -2.27. The highest BCUT2D eigenvalue weighted by molar-refractivity contribution is 9.10. The lowest BCUT2D eigenvalue weighted by molar-refractivity contribution is -0.113. The Morgan fingerprint density at radius 3 is 2.48 bits per heavy atom. The first-order valence-corrected chi connectivity index (χ1v) is 12.0. The van der Waals surface area contributed by atoms with Gasteiger partial charge < -0.3 is 9.47 Å². The van der Waals surface area contributed by atoms with Gasteiger partial charge in [0.1, 0.15) is 6.61 Å². The van der Waals surface area contributed by atoms with E-state index in [1.54, 1.807) is 54.6 Å². The van der Waals surface area contributed by atoms with Crippen LogP contribution in [0.3, 0.4) is 0 Å². The van der Waals surface area contributed by atoms with Crippen molar-refractivity contribution in [3.63, 3.8) is 0 Å². The van der Waals surface area contributed by atoms with Crippen molar-refractivity contribution in [3.05, 3.63) is 91.2 Å². The molecular formula is C24H16BrCl2NO4S. The zero-order chi connectivity index (χ0) is 23.5. The van der Waals surface area contributed by atoms with Crippen LogP contribution in [0.15, 0.2) is 70.0 Å². The fourth-order valence-electron chi connectivity index (χ4n) is 3.16. The quantitative estimate of drug-likeness (QED) is 0.289. The van der Waals surface area contributed by atoms with Gasteiger partial charge in [-0.25, -0.2) is 4.90 Å². The van der Waals surface area contributed by atoms with Gasteiger partial charge in [0.25, 0.3) is 11.1 Å². The molecule has 0 N–H and O–H groups in total. The molecule has 1 fully saturated rings. The summed E-state index contributed by atoms with van der Waals surface area (Å²) in [5.41, 5.74) is 1.97. The van der Waals surface area contributed by atoms with Crippen molar-refractivity contribution in [2.24, 2.45) is 0 Å². The molecule has 33 heavy (non-hydrogen) atoms. The monoisotopic (exact) mass is 563 g/mol. The second-order valence-electron chi connectivity index (χ2n) is 6.92. The molecule has 1 saturated heterocycles. The molecular weight excluding hydrogens is 549 g/mol. The van der Waals surface area contributed by atoms with E-state index >= 15 is 0 Å².